The molecule has 0 atom stereocenters. The van der Waals surface area contributed by atoms with Gasteiger partial charge in [0.15, 0.2) is 0 Å². The van der Waals surface area contributed by atoms with E-state index in [0.717, 1.165) is 6.07 Å². The predicted octanol–water partition coefficient (Wildman–Crippen LogP) is 4.06. The Hall–Kier alpha value is -4.09. The van der Waals surface area contributed by atoms with Gasteiger partial charge in [-0.1, -0.05) is 36.4 Å². The van der Waals surface area contributed by atoms with Gasteiger partial charge in [-0.15, -0.1) is 0 Å². The minimum atomic E-state index is -4.34. The molecule has 0 fully saturated rings. The van der Waals surface area contributed by atoms with Gasteiger partial charge in [0.2, 0.25) is 9.84 Å². The molecule has 1 amide bonds. The Morgan fingerprint density at radius 1 is 0.750 bits per heavy atom. The Morgan fingerprint density at radius 2 is 1.42 bits per heavy atom. The second-order valence-corrected chi connectivity index (χ2v) is 11.4. The first kappa shape index (κ1) is 23.6. The number of ether oxygens (including phenoxy) is 2. The fourth-order valence-electron chi connectivity index (χ4n) is 4.24. The molecule has 0 spiro atoms. The molecule has 0 radical (unpaired) electrons. The molecular formula is C25H20N2O7S2. The van der Waals surface area contributed by atoms with Gasteiger partial charge in [0, 0.05) is 16.3 Å². The number of hydrogen-bond acceptors (Lipinski definition) is 7. The van der Waals surface area contributed by atoms with E-state index in [0.29, 0.717) is 0 Å². The summed E-state index contributed by atoms with van der Waals surface area (Å²) >= 11 is 0. The summed E-state index contributed by atoms with van der Waals surface area (Å²) in [6.07, 6.45) is 0. The van der Waals surface area contributed by atoms with Gasteiger partial charge in [0.25, 0.3) is 15.9 Å². The highest BCUT2D eigenvalue weighted by molar-refractivity contribution is 7.93. The lowest BCUT2D eigenvalue weighted by Crippen LogP contribution is -2.16. The molecule has 1 aliphatic heterocycles. The van der Waals surface area contributed by atoms with Crippen LogP contribution in [0.5, 0.6) is 11.5 Å². The number of carbonyl (C=O) groups is 1. The zero-order valence-electron chi connectivity index (χ0n) is 19.1. The van der Waals surface area contributed by atoms with Crippen molar-refractivity contribution in [3.63, 3.8) is 0 Å². The molecular weight excluding hydrogens is 504 g/mol. The monoisotopic (exact) mass is 524 g/mol. The first-order valence-electron chi connectivity index (χ1n) is 10.6. The Balaban J connectivity index is 1.81. The van der Waals surface area contributed by atoms with Gasteiger partial charge in [-0.05, 0) is 36.4 Å². The molecule has 0 unspecified atom stereocenters. The largest absolute Gasteiger partial charge is 0.495 e. The second kappa shape index (κ2) is 8.54. The van der Waals surface area contributed by atoms with Crippen molar-refractivity contribution in [3.8, 4) is 11.5 Å². The molecule has 1 aliphatic rings. The summed E-state index contributed by atoms with van der Waals surface area (Å²) in [4.78, 5) is 11.9. The molecule has 0 saturated carbocycles. The molecule has 0 bridgehead atoms. The van der Waals surface area contributed by atoms with Crippen molar-refractivity contribution in [2.75, 3.05) is 24.3 Å². The van der Waals surface area contributed by atoms with Crippen LogP contribution >= 0.6 is 0 Å². The SMILES string of the molecule is COc1ccccc1NS(=O)(=O)c1cc(S(=O)(=O)c2ccccc2OC)c2c3c(cccc13)C(=O)N2. The number of anilines is 2. The van der Waals surface area contributed by atoms with E-state index in [1.807, 2.05) is 0 Å². The lowest BCUT2D eigenvalue weighted by molar-refractivity contribution is 0.103. The molecule has 2 N–H and O–H groups in total. The number of rotatable bonds is 7. The van der Waals surface area contributed by atoms with Crippen LogP contribution in [0.2, 0.25) is 0 Å². The third kappa shape index (κ3) is 3.64. The molecule has 4 aromatic carbocycles. The van der Waals surface area contributed by atoms with Gasteiger partial charge < -0.3 is 14.8 Å². The smallest absolute Gasteiger partial charge is 0.262 e. The van der Waals surface area contributed by atoms with Crippen molar-refractivity contribution in [2.45, 2.75) is 14.7 Å². The third-order valence-electron chi connectivity index (χ3n) is 5.86. The van der Waals surface area contributed by atoms with Gasteiger partial charge in [-0.2, -0.15) is 0 Å². The number of amides is 1. The molecule has 36 heavy (non-hydrogen) atoms. The predicted molar refractivity (Wildman–Crippen MR) is 134 cm³/mol. The first-order chi connectivity index (χ1) is 17.2. The summed E-state index contributed by atoms with van der Waals surface area (Å²) in [5.74, 6) is -0.163. The van der Waals surface area contributed by atoms with Gasteiger partial charge in [0.05, 0.1) is 35.4 Å². The van der Waals surface area contributed by atoms with Crippen molar-refractivity contribution in [2.24, 2.45) is 0 Å². The number of nitrogens with one attached hydrogen (secondary N) is 2. The van der Waals surface area contributed by atoms with Crippen LogP contribution < -0.4 is 19.5 Å². The Morgan fingerprint density at radius 3 is 2.14 bits per heavy atom. The molecule has 11 heteroatoms. The van der Waals surface area contributed by atoms with Crippen molar-refractivity contribution >= 4 is 47.9 Å². The Labute approximate surface area is 207 Å². The van der Waals surface area contributed by atoms with E-state index in [-0.39, 0.29) is 53.9 Å². The van der Waals surface area contributed by atoms with Crippen LogP contribution in [0, 0.1) is 0 Å². The number of carbonyl (C=O) groups excluding carboxylic acids is 1. The molecule has 4 aromatic rings. The van der Waals surface area contributed by atoms with Gasteiger partial charge in [-0.3, -0.25) is 9.52 Å². The van der Waals surface area contributed by atoms with Crippen LogP contribution in [0.3, 0.4) is 0 Å². The van der Waals surface area contributed by atoms with Gasteiger partial charge >= 0.3 is 0 Å². The minimum absolute atomic E-state index is 0.0211. The van der Waals surface area contributed by atoms with Gasteiger partial charge in [0.1, 0.15) is 16.4 Å². The fraction of sp³-hybridized carbons (Fsp3) is 0.0800. The van der Waals surface area contributed by atoms with E-state index in [1.54, 1.807) is 30.3 Å². The van der Waals surface area contributed by atoms with E-state index < -0.39 is 25.8 Å². The van der Waals surface area contributed by atoms with Crippen LogP contribution in [0.15, 0.2) is 87.5 Å². The maximum atomic E-state index is 13.8. The molecule has 5 rings (SSSR count). The lowest BCUT2D eigenvalue weighted by Gasteiger charge is -2.17. The summed E-state index contributed by atoms with van der Waals surface area (Å²) in [5, 5.41) is 3.01. The quantitative estimate of drug-likeness (QED) is 0.373. The number of methoxy groups -OCH3 is 2. The van der Waals surface area contributed by atoms with Crippen LogP contribution in [0.1, 0.15) is 10.4 Å². The fourth-order valence-corrected chi connectivity index (χ4v) is 7.22. The zero-order valence-corrected chi connectivity index (χ0v) is 20.7. The highest BCUT2D eigenvalue weighted by Gasteiger charge is 2.35. The molecule has 1 heterocycles. The second-order valence-electron chi connectivity index (χ2n) is 7.89. The first-order valence-corrected chi connectivity index (χ1v) is 13.6. The zero-order chi connectivity index (χ0) is 25.7. The van der Waals surface area contributed by atoms with E-state index >= 15 is 0 Å². The third-order valence-corrected chi connectivity index (χ3v) is 9.08. The number of para-hydroxylation sites is 3. The van der Waals surface area contributed by atoms with E-state index in [4.69, 9.17) is 9.47 Å². The summed E-state index contributed by atoms with van der Waals surface area (Å²) in [6, 6.07) is 18.1. The van der Waals surface area contributed by atoms with Crippen LogP contribution in [0.4, 0.5) is 11.4 Å². The van der Waals surface area contributed by atoms with Crippen molar-refractivity contribution in [1.82, 2.24) is 0 Å². The topological polar surface area (TPSA) is 128 Å². The number of sulfonamides is 1. The summed E-state index contributed by atoms with van der Waals surface area (Å²) in [7, 11) is -5.93. The highest BCUT2D eigenvalue weighted by Crippen LogP contribution is 2.44. The molecule has 0 aromatic heterocycles. The standard InChI is InChI=1S/C25H20N2O7S2/c1-33-18-11-4-3-10-17(18)27-36(31,32)21-14-22(35(29,30)20-13-6-5-12-19(20)34-2)24-23-15(21)8-7-9-16(23)25(28)26-24/h3-14,27H,1-2H3,(H,26,28). The normalized spacial score (nSPS) is 12.9. The van der Waals surface area contributed by atoms with Crippen molar-refractivity contribution < 1.29 is 31.1 Å². The average molecular weight is 525 g/mol. The average Bonchev–Trinajstić information content (AvgIpc) is 3.21. The maximum absolute atomic E-state index is 13.8. The van der Waals surface area contributed by atoms with Crippen LogP contribution in [-0.2, 0) is 19.9 Å². The number of sulfone groups is 1. The van der Waals surface area contributed by atoms with Crippen LogP contribution in [-0.4, -0.2) is 37.0 Å². The Bertz CT molecular complexity index is 1760. The Kier molecular flexibility index (Phi) is 5.61. The molecule has 9 nitrogen and oxygen atoms in total. The summed E-state index contributed by atoms with van der Waals surface area (Å²) in [5.41, 5.74) is 0.368. The number of hydrogen-bond donors (Lipinski definition) is 2. The summed E-state index contributed by atoms with van der Waals surface area (Å²) in [6.45, 7) is 0. The molecule has 184 valence electrons. The highest BCUT2D eigenvalue weighted by atomic mass is 32.2. The maximum Gasteiger partial charge on any atom is 0.262 e. The van der Waals surface area contributed by atoms with E-state index in [9.17, 15) is 21.6 Å². The van der Waals surface area contributed by atoms with Crippen molar-refractivity contribution in [1.29, 1.82) is 0 Å². The van der Waals surface area contributed by atoms with E-state index in [1.165, 1.54) is 50.6 Å². The van der Waals surface area contributed by atoms with Crippen molar-refractivity contribution in [3.05, 3.63) is 78.4 Å². The summed E-state index contributed by atoms with van der Waals surface area (Å²) < 4.78 is 68.0. The molecule has 0 aliphatic carbocycles. The van der Waals surface area contributed by atoms with E-state index in [2.05, 4.69) is 10.0 Å². The number of benzene rings is 4. The van der Waals surface area contributed by atoms with Gasteiger partial charge in [-0.25, -0.2) is 16.8 Å². The lowest BCUT2D eigenvalue weighted by atomic mass is 10.1. The van der Waals surface area contributed by atoms with Crippen LogP contribution in [0.25, 0.3) is 10.8 Å². The minimum Gasteiger partial charge on any atom is -0.495 e. The molecule has 0 saturated heterocycles.